The van der Waals surface area contributed by atoms with E-state index in [1.165, 1.54) is 0 Å². The van der Waals surface area contributed by atoms with E-state index >= 15 is 0 Å². The number of carbonyl (C=O) groups is 1. The van der Waals surface area contributed by atoms with E-state index < -0.39 is 0 Å². The van der Waals surface area contributed by atoms with Gasteiger partial charge in [0.05, 0.1) is 12.5 Å². The number of aryl methyl sites for hydroxylation is 1. The molecule has 1 saturated carbocycles. The highest BCUT2D eigenvalue weighted by Crippen LogP contribution is 2.43. The summed E-state index contributed by atoms with van der Waals surface area (Å²) in [6, 6.07) is 5.89. The van der Waals surface area contributed by atoms with Gasteiger partial charge in [-0.2, -0.15) is 0 Å². The van der Waals surface area contributed by atoms with E-state index in [1.807, 2.05) is 18.2 Å². The number of fused-ring (bicyclic) bond motifs is 2. The van der Waals surface area contributed by atoms with Gasteiger partial charge in [0.15, 0.2) is 0 Å². The quantitative estimate of drug-likeness (QED) is 0.462. The fraction of sp³-hybridized carbons (Fsp3) is 0.500. The lowest BCUT2D eigenvalue weighted by Gasteiger charge is -2.16. The lowest BCUT2D eigenvalue weighted by molar-refractivity contribution is -0.149. The van der Waals surface area contributed by atoms with Gasteiger partial charge in [0.1, 0.15) is 0 Å². The van der Waals surface area contributed by atoms with E-state index in [2.05, 4.69) is 17.1 Å². The molecule has 1 fully saturated rings. The Bertz CT molecular complexity index is 469. The van der Waals surface area contributed by atoms with Crippen molar-refractivity contribution in [2.45, 2.75) is 25.7 Å². The van der Waals surface area contributed by atoms with Crippen molar-refractivity contribution >= 4 is 5.97 Å². The molecule has 2 bridgehead atoms. The molecule has 1 aromatic rings. The molecule has 2 aliphatic rings. The molecular weight excluding hydrogens is 238 g/mol. The average molecular weight is 257 g/mol. The van der Waals surface area contributed by atoms with Gasteiger partial charge in [0.25, 0.3) is 0 Å². The number of nitrogens with zero attached hydrogens (tertiary/aromatic N) is 1. The van der Waals surface area contributed by atoms with E-state index in [0.29, 0.717) is 18.4 Å². The maximum atomic E-state index is 12.0. The van der Waals surface area contributed by atoms with E-state index in [9.17, 15) is 4.79 Å². The number of hydrogen-bond acceptors (Lipinski definition) is 3. The Balaban J connectivity index is 1.39. The molecule has 0 saturated heterocycles. The minimum absolute atomic E-state index is 0.00197. The zero-order valence-corrected chi connectivity index (χ0v) is 11.0. The third-order valence-electron chi connectivity index (χ3n) is 4.13. The highest BCUT2D eigenvalue weighted by molar-refractivity contribution is 5.74. The Morgan fingerprint density at radius 3 is 2.95 bits per heavy atom. The Hall–Kier alpha value is -1.64. The summed E-state index contributed by atoms with van der Waals surface area (Å²) in [4.78, 5) is 16.2. The van der Waals surface area contributed by atoms with Gasteiger partial charge >= 0.3 is 5.97 Å². The third-order valence-corrected chi connectivity index (χ3v) is 4.13. The van der Waals surface area contributed by atoms with Crippen LogP contribution in [0, 0.1) is 17.8 Å². The fourth-order valence-electron chi connectivity index (χ4n) is 3.13. The average Bonchev–Trinajstić information content (AvgIpc) is 3.07. The number of pyridine rings is 1. The standard InChI is InChI=1S/C16H19NO2/c18-16(15-11-12-6-7-13(15)10-12)19-9-3-5-14-4-1-2-8-17-14/h1-2,4,6-8,12-13,15H,3,5,9-11H2/t12-,13+,15-/m1/s1. The Morgan fingerprint density at radius 1 is 1.32 bits per heavy atom. The summed E-state index contributed by atoms with van der Waals surface area (Å²) in [5.41, 5.74) is 1.06. The number of aromatic nitrogens is 1. The fourth-order valence-corrected chi connectivity index (χ4v) is 3.13. The van der Waals surface area contributed by atoms with Crippen LogP contribution in [-0.2, 0) is 16.0 Å². The van der Waals surface area contributed by atoms with Gasteiger partial charge in [0, 0.05) is 11.9 Å². The highest BCUT2D eigenvalue weighted by atomic mass is 16.5. The summed E-state index contributed by atoms with van der Waals surface area (Å²) in [6.45, 7) is 0.507. The number of allylic oxidation sites excluding steroid dienone is 2. The van der Waals surface area contributed by atoms with Gasteiger partial charge in [0.2, 0.25) is 0 Å². The first-order chi connectivity index (χ1) is 9.33. The molecule has 0 amide bonds. The summed E-state index contributed by atoms with van der Waals surface area (Å²) < 4.78 is 5.40. The molecule has 0 aromatic carbocycles. The normalized spacial score (nSPS) is 27.7. The maximum absolute atomic E-state index is 12.0. The van der Waals surface area contributed by atoms with Crippen LogP contribution in [0.2, 0.25) is 0 Å². The zero-order valence-electron chi connectivity index (χ0n) is 11.0. The van der Waals surface area contributed by atoms with Gasteiger partial charge in [-0.25, -0.2) is 0 Å². The largest absolute Gasteiger partial charge is 0.465 e. The minimum atomic E-state index is -0.00197. The number of esters is 1. The summed E-state index contributed by atoms with van der Waals surface area (Å²) in [6.07, 6.45) is 10.1. The Morgan fingerprint density at radius 2 is 2.26 bits per heavy atom. The molecule has 19 heavy (non-hydrogen) atoms. The molecule has 1 heterocycles. The smallest absolute Gasteiger partial charge is 0.309 e. The van der Waals surface area contributed by atoms with Crippen LogP contribution >= 0.6 is 0 Å². The lowest BCUT2D eigenvalue weighted by Crippen LogP contribution is -2.22. The molecule has 0 spiro atoms. The van der Waals surface area contributed by atoms with Crippen LogP contribution in [0.25, 0.3) is 0 Å². The lowest BCUT2D eigenvalue weighted by atomic mass is 9.94. The number of carbonyl (C=O) groups excluding carboxylic acids is 1. The van der Waals surface area contributed by atoms with Crippen LogP contribution in [0.3, 0.4) is 0 Å². The van der Waals surface area contributed by atoms with Crippen molar-refractivity contribution in [2.24, 2.45) is 17.8 Å². The molecule has 3 heteroatoms. The molecule has 3 rings (SSSR count). The van der Waals surface area contributed by atoms with Crippen LogP contribution in [0.4, 0.5) is 0 Å². The van der Waals surface area contributed by atoms with Crippen molar-refractivity contribution in [2.75, 3.05) is 6.61 Å². The topological polar surface area (TPSA) is 39.2 Å². The predicted molar refractivity (Wildman–Crippen MR) is 72.4 cm³/mol. The third kappa shape index (κ3) is 2.86. The predicted octanol–water partition coefficient (Wildman–Crippen LogP) is 2.77. The van der Waals surface area contributed by atoms with Crippen molar-refractivity contribution in [1.29, 1.82) is 0 Å². The molecule has 3 nitrogen and oxygen atoms in total. The molecular formula is C16H19NO2. The van der Waals surface area contributed by atoms with E-state index in [-0.39, 0.29) is 11.9 Å². The van der Waals surface area contributed by atoms with Crippen molar-refractivity contribution in [3.8, 4) is 0 Å². The number of ether oxygens (including phenoxy) is 1. The van der Waals surface area contributed by atoms with Crippen LogP contribution in [0.15, 0.2) is 36.5 Å². The zero-order chi connectivity index (χ0) is 13.1. The second-order valence-electron chi connectivity index (χ2n) is 5.48. The molecule has 0 radical (unpaired) electrons. The second-order valence-corrected chi connectivity index (χ2v) is 5.48. The molecule has 3 atom stereocenters. The Kier molecular flexibility index (Phi) is 3.62. The second kappa shape index (κ2) is 5.55. The van der Waals surface area contributed by atoms with Gasteiger partial charge in [-0.05, 0) is 49.7 Å². The number of rotatable bonds is 5. The summed E-state index contributed by atoms with van der Waals surface area (Å²) in [7, 11) is 0. The van der Waals surface area contributed by atoms with E-state index in [1.54, 1.807) is 6.20 Å². The monoisotopic (exact) mass is 257 g/mol. The van der Waals surface area contributed by atoms with Gasteiger partial charge in [-0.15, -0.1) is 0 Å². The van der Waals surface area contributed by atoms with Crippen molar-refractivity contribution in [3.63, 3.8) is 0 Å². The van der Waals surface area contributed by atoms with Gasteiger partial charge in [-0.1, -0.05) is 18.2 Å². The Labute approximate surface area is 113 Å². The van der Waals surface area contributed by atoms with Gasteiger partial charge < -0.3 is 4.74 Å². The van der Waals surface area contributed by atoms with E-state index in [0.717, 1.165) is 31.4 Å². The maximum Gasteiger partial charge on any atom is 0.309 e. The summed E-state index contributed by atoms with van der Waals surface area (Å²) in [5, 5.41) is 0. The summed E-state index contributed by atoms with van der Waals surface area (Å²) in [5.74, 6) is 1.17. The molecule has 0 unspecified atom stereocenters. The molecule has 0 aliphatic heterocycles. The van der Waals surface area contributed by atoms with E-state index in [4.69, 9.17) is 4.74 Å². The van der Waals surface area contributed by atoms with Crippen LogP contribution in [0.1, 0.15) is 25.0 Å². The minimum Gasteiger partial charge on any atom is -0.465 e. The van der Waals surface area contributed by atoms with Crippen molar-refractivity contribution in [1.82, 2.24) is 4.98 Å². The molecule has 2 aliphatic carbocycles. The van der Waals surface area contributed by atoms with Crippen LogP contribution in [-0.4, -0.2) is 17.6 Å². The first-order valence-electron chi connectivity index (χ1n) is 7.08. The number of hydrogen-bond donors (Lipinski definition) is 0. The highest BCUT2D eigenvalue weighted by Gasteiger charge is 2.40. The molecule has 1 aromatic heterocycles. The van der Waals surface area contributed by atoms with Crippen LogP contribution < -0.4 is 0 Å². The van der Waals surface area contributed by atoms with Gasteiger partial charge in [-0.3, -0.25) is 9.78 Å². The van der Waals surface area contributed by atoms with Crippen molar-refractivity contribution in [3.05, 3.63) is 42.2 Å². The molecule has 100 valence electrons. The van der Waals surface area contributed by atoms with Crippen LogP contribution in [0.5, 0.6) is 0 Å². The van der Waals surface area contributed by atoms with Crippen molar-refractivity contribution < 1.29 is 9.53 Å². The first kappa shape index (κ1) is 12.4. The first-order valence-corrected chi connectivity index (χ1v) is 7.08. The molecule has 0 N–H and O–H groups in total. The SMILES string of the molecule is O=C(OCCCc1ccccn1)[C@@H]1C[C@@H]2C=C[C@H]1C2. The summed E-state index contributed by atoms with van der Waals surface area (Å²) >= 11 is 0.